The van der Waals surface area contributed by atoms with Gasteiger partial charge in [-0.25, -0.2) is 9.37 Å². The molecular formula is C23H30BrFN6S. The number of hydrogen-bond acceptors (Lipinski definition) is 5. The summed E-state index contributed by atoms with van der Waals surface area (Å²) in [6, 6.07) is 5.50. The zero-order chi connectivity index (χ0) is 22.7. The highest BCUT2D eigenvalue weighted by atomic mass is 79.9. The molecule has 172 valence electrons. The zero-order valence-electron chi connectivity index (χ0n) is 18.5. The van der Waals surface area contributed by atoms with Gasteiger partial charge in [0, 0.05) is 36.2 Å². The molecule has 1 heterocycles. The number of aryl methyl sites for hydroxylation is 1. The first-order chi connectivity index (χ1) is 15.4. The molecule has 6 nitrogen and oxygen atoms in total. The highest BCUT2D eigenvalue weighted by Crippen LogP contribution is 2.29. The van der Waals surface area contributed by atoms with E-state index in [-0.39, 0.29) is 11.9 Å². The van der Waals surface area contributed by atoms with Crippen LogP contribution >= 0.6 is 28.1 Å². The average Bonchev–Trinajstić information content (AvgIpc) is 2.76. The Labute approximate surface area is 202 Å². The molecule has 0 bridgehead atoms. The van der Waals surface area contributed by atoms with Gasteiger partial charge in [0.2, 0.25) is 5.95 Å². The van der Waals surface area contributed by atoms with E-state index in [9.17, 15) is 4.39 Å². The summed E-state index contributed by atoms with van der Waals surface area (Å²) in [7, 11) is 4.10. The number of thiocarbonyl (C=S) groups is 1. The molecule has 2 aromatic rings. The van der Waals surface area contributed by atoms with Crippen molar-refractivity contribution in [2.24, 2.45) is 0 Å². The van der Waals surface area contributed by atoms with Crippen LogP contribution < -0.4 is 20.9 Å². The van der Waals surface area contributed by atoms with E-state index < -0.39 is 0 Å². The van der Waals surface area contributed by atoms with Gasteiger partial charge < -0.3 is 20.9 Å². The summed E-state index contributed by atoms with van der Waals surface area (Å²) in [5.74, 6) is 1.45. The molecule has 0 amide bonds. The van der Waals surface area contributed by atoms with Crippen molar-refractivity contribution in [2.45, 2.75) is 63.5 Å². The molecule has 1 saturated carbocycles. The monoisotopic (exact) mass is 520 g/mol. The van der Waals surface area contributed by atoms with Crippen LogP contribution in [0.1, 0.15) is 49.8 Å². The van der Waals surface area contributed by atoms with Gasteiger partial charge in [0.1, 0.15) is 11.6 Å². The molecule has 0 unspecified atom stereocenters. The number of rotatable bonds is 5. The number of nitrogens with zero attached hydrogens (tertiary/aromatic N) is 3. The van der Waals surface area contributed by atoms with E-state index >= 15 is 0 Å². The largest absolute Gasteiger partial charge is 0.362 e. The number of fused-ring (bicyclic) bond motifs is 1. The molecule has 32 heavy (non-hydrogen) atoms. The lowest BCUT2D eigenvalue weighted by atomic mass is 9.91. The number of anilines is 3. The number of hydrogen-bond donors (Lipinski definition) is 3. The predicted octanol–water partition coefficient (Wildman–Crippen LogP) is 5.03. The minimum atomic E-state index is -0.335. The van der Waals surface area contributed by atoms with Crippen molar-refractivity contribution in [3.8, 4) is 0 Å². The lowest BCUT2D eigenvalue weighted by Gasteiger charge is -2.31. The quantitative estimate of drug-likeness (QED) is 0.477. The first-order valence-corrected chi connectivity index (χ1v) is 12.5. The summed E-state index contributed by atoms with van der Waals surface area (Å²) >= 11 is 8.67. The fourth-order valence-corrected chi connectivity index (χ4v) is 5.12. The molecule has 9 heteroatoms. The first kappa shape index (κ1) is 23.2. The molecule has 3 N–H and O–H groups in total. The molecule has 2 aliphatic rings. The number of aromatic nitrogens is 2. The van der Waals surface area contributed by atoms with Crippen molar-refractivity contribution in [2.75, 3.05) is 29.6 Å². The van der Waals surface area contributed by atoms with Crippen LogP contribution in [-0.4, -0.2) is 41.3 Å². The molecule has 0 spiro atoms. The topological polar surface area (TPSA) is 65.1 Å². The normalized spacial score (nSPS) is 20.2. The average molecular weight is 522 g/mol. The van der Waals surface area contributed by atoms with Crippen LogP contribution in [-0.2, 0) is 12.8 Å². The van der Waals surface area contributed by atoms with Gasteiger partial charge in [0.05, 0.1) is 11.4 Å². The van der Waals surface area contributed by atoms with Crippen LogP contribution in [0.25, 0.3) is 0 Å². The van der Waals surface area contributed by atoms with Crippen molar-refractivity contribution in [1.29, 1.82) is 0 Å². The molecule has 2 aliphatic carbocycles. The van der Waals surface area contributed by atoms with Gasteiger partial charge in [-0.15, -0.1) is 0 Å². The minimum Gasteiger partial charge on any atom is -0.362 e. The van der Waals surface area contributed by atoms with Gasteiger partial charge in [-0.05, 0) is 81.8 Å². The number of benzene rings is 1. The summed E-state index contributed by atoms with van der Waals surface area (Å²) in [4.78, 5) is 11.8. The van der Waals surface area contributed by atoms with Crippen LogP contribution in [0.15, 0.2) is 22.7 Å². The Balaban J connectivity index is 1.30. The maximum atomic E-state index is 14.0. The SMILES string of the molecule is CN(C)c1nc(N[C@H]2CC[C@@H](NC(=S)Nc3ccc(Br)cc3F)CC2)nc2c1CCCC2. The maximum Gasteiger partial charge on any atom is 0.225 e. The molecule has 1 aromatic carbocycles. The van der Waals surface area contributed by atoms with Gasteiger partial charge >= 0.3 is 0 Å². The molecule has 4 rings (SSSR count). The Morgan fingerprint density at radius 2 is 1.81 bits per heavy atom. The molecule has 0 saturated heterocycles. The second-order valence-electron chi connectivity index (χ2n) is 8.81. The predicted molar refractivity (Wildman–Crippen MR) is 136 cm³/mol. The molecular weight excluding hydrogens is 491 g/mol. The maximum absolute atomic E-state index is 14.0. The lowest BCUT2D eigenvalue weighted by Crippen LogP contribution is -2.42. The standard InChI is InChI=1S/C23H30BrFN6S/c1-31(2)21-17-5-3-4-6-19(17)28-22(30-21)26-15-8-10-16(11-9-15)27-23(32)29-20-12-7-14(24)13-18(20)25/h7,12-13,15-16H,3-6,8-11H2,1-2H3,(H,26,28,30)(H2,27,29,32)/t15-,16+. The molecule has 1 aromatic heterocycles. The van der Waals surface area contributed by atoms with E-state index in [2.05, 4.69) is 50.9 Å². The first-order valence-electron chi connectivity index (χ1n) is 11.3. The van der Waals surface area contributed by atoms with Crippen molar-refractivity contribution >= 4 is 50.7 Å². The van der Waals surface area contributed by atoms with Crippen LogP contribution in [0, 0.1) is 5.82 Å². The van der Waals surface area contributed by atoms with Crippen molar-refractivity contribution < 1.29 is 4.39 Å². The second-order valence-corrected chi connectivity index (χ2v) is 10.1. The van der Waals surface area contributed by atoms with Crippen LogP contribution in [0.3, 0.4) is 0 Å². The fraction of sp³-hybridized carbons (Fsp3) is 0.522. The number of halogens is 2. The van der Waals surface area contributed by atoms with Gasteiger partial charge in [0.15, 0.2) is 5.11 Å². The van der Waals surface area contributed by atoms with Gasteiger partial charge in [-0.2, -0.15) is 4.98 Å². The third kappa shape index (κ3) is 5.67. The van der Waals surface area contributed by atoms with Crippen LogP contribution in [0.5, 0.6) is 0 Å². The second kappa shape index (κ2) is 10.3. The molecule has 0 aliphatic heterocycles. The van der Waals surface area contributed by atoms with Gasteiger partial charge in [0.25, 0.3) is 0 Å². The van der Waals surface area contributed by atoms with E-state index in [0.717, 1.165) is 50.3 Å². The third-order valence-corrected chi connectivity index (χ3v) is 6.87. The summed E-state index contributed by atoms with van der Waals surface area (Å²) in [6.45, 7) is 0. The van der Waals surface area contributed by atoms with Crippen LogP contribution in [0.4, 0.5) is 21.8 Å². The summed E-state index contributed by atoms with van der Waals surface area (Å²) in [5.41, 5.74) is 2.88. The van der Waals surface area contributed by atoms with E-state index in [1.54, 1.807) is 12.1 Å². The Bertz CT molecular complexity index is 977. The Kier molecular flexibility index (Phi) is 7.45. The molecule has 0 atom stereocenters. The van der Waals surface area contributed by atoms with E-state index in [1.165, 1.54) is 30.2 Å². The number of nitrogens with one attached hydrogen (secondary N) is 3. The fourth-order valence-electron chi connectivity index (χ4n) is 4.51. The Hall–Kier alpha value is -2.00. The summed E-state index contributed by atoms with van der Waals surface area (Å²) in [5, 5.41) is 10.3. The highest BCUT2D eigenvalue weighted by Gasteiger charge is 2.24. The molecule has 0 radical (unpaired) electrons. The van der Waals surface area contributed by atoms with Crippen molar-refractivity contribution in [1.82, 2.24) is 15.3 Å². The Morgan fingerprint density at radius 3 is 2.53 bits per heavy atom. The zero-order valence-corrected chi connectivity index (χ0v) is 21.0. The summed E-state index contributed by atoms with van der Waals surface area (Å²) < 4.78 is 14.7. The van der Waals surface area contributed by atoms with E-state index in [0.29, 0.717) is 21.3 Å². The van der Waals surface area contributed by atoms with Gasteiger partial charge in [-0.1, -0.05) is 15.9 Å². The molecule has 1 fully saturated rings. The van der Waals surface area contributed by atoms with Crippen LogP contribution in [0.2, 0.25) is 0 Å². The van der Waals surface area contributed by atoms with E-state index in [1.807, 2.05) is 0 Å². The Morgan fingerprint density at radius 1 is 1.09 bits per heavy atom. The van der Waals surface area contributed by atoms with E-state index in [4.69, 9.17) is 22.2 Å². The highest BCUT2D eigenvalue weighted by molar-refractivity contribution is 9.10. The summed E-state index contributed by atoms with van der Waals surface area (Å²) in [6.07, 6.45) is 8.49. The van der Waals surface area contributed by atoms with Crippen molar-refractivity contribution in [3.05, 3.63) is 39.7 Å². The van der Waals surface area contributed by atoms with Crippen molar-refractivity contribution in [3.63, 3.8) is 0 Å². The minimum absolute atomic E-state index is 0.272. The smallest absolute Gasteiger partial charge is 0.225 e. The lowest BCUT2D eigenvalue weighted by molar-refractivity contribution is 0.387. The third-order valence-electron chi connectivity index (χ3n) is 6.16. The van der Waals surface area contributed by atoms with Gasteiger partial charge in [-0.3, -0.25) is 0 Å².